The maximum atomic E-state index is 10.5. The first-order chi connectivity index (χ1) is 10.2. The number of rotatable bonds is 2. The Morgan fingerprint density at radius 2 is 1.00 bits per heavy atom. The molecular formula is C10H8N4O8. The van der Waals surface area contributed by atoms with Gasteiger partial charge in [-0.25, -0.2) is 19.2 Å². The minimum atomic E-state index is -1.34. The monoisotopic (exact) mass is 312 g/mol. The summed E-state index contributed by atoms with van der Waals surface area (Å²) < 4.78 is 0. The normalized spacial score (nSPS) is 9.45. The molecule has 0 aliphatic carbocycles. The van der Waals surface area contributed by atoms with E-state index in [9.17, 15) is 28.8 Å². The summed E-state index contributed by atoms with van der Waals surface area (Å²) in [6.07, 6.45) is 0. The van der Waals surface area contributed by atoms with Gasteiger partial charge in [0, 0.05) is 12.1 Å². The number of carboxylic acid groups (broad SMARTS) is 2. The van der Waals surface area contributed by atoms with Gasteiger partial charge in [0.1, 0.15) is 11.4 Å². The predicted molar refractivity (Wildman–Crippen MR) is 69.3 cm³/mol. The van der Waals surface area contributed by atoms with Crippen LogP contribution in [0.4, 0.5) is 0 Å². The third-order valence-electron chi connectivity index (χ3n) is 1.98. The highest BCUT2D eigenvalue weighted by Gasteiger charge is 2.04. The molecule has 0 atom stereocenters. The molecular weight excluding hydrogens is 304 g/mol. The fraction of sp³-hybridized carbons (Fsp3) is 0. The molecule has 2 heterocycles. The topological polar surface area (TPSA) is 206 Å². The number of hydrogen-bond acceptors (Lipinski definition) is 6. The fourth-order valence-corrected chi connectivity index (χ4v) is 1.17. The van der Waals surface area contributed by atoms with Crippen molar-refractivity contribution in [3.05, 3.63) is 65.2 Å². The highest BCUT2D eigenvalue weighted by atomic mass is 16.4. The van der Waals surface area contributed by atoms with E-state index in [1.165, 1.54) is 0 Å². The Bertz CT molecular complexity index is 797. The van der Waals surface area contributed by atoms with Gasteiger partial charge in [-0.15, -0.1) is 0 Å². The van der Waals surface area contributed by atoms with Crippen LogP contribution >= 0.6 is 0 Å². The maximum Gasteiger partial charge on any atom is 0.352 e. The van der Waals surface area contributed by atoms with Crippen LogP contribution in [0.2, 0.25) is 0 Å². The Kier molecular flexibility index (Phi) is 4.94. The maximum absolute atomic E-state index is 10.5. The number of aromatic amines is 4. The van der Waals surface area contributed by atoms with E-state index in [2.05, 4.69) is 0 Å². The molecule has 116 valence electrons. The minimum Gasteiger partial charge on any atom is -0.477 e. The molecule has 2 rings (SSSR count). The SMILES string of the molecule is O=C(O)c1cc(=O)[nH]c(=O)[nH]1.O=C(O)c1cc(=O)[nH]c(=O)[nH]1. The first-order valence-corrected chi connectivity index (χ1v) is 5.33. The number of carbonyl (C=O) groups is 2. The molecule has 12 nitrogen and oxygen atoms in total. The minimum absolute atomic E-state index is 0.418. The predicted octanol–water partition coefficient (Wildman–Crippen LogP) is -2.48. The van der Waals surface area contributed by atoms with Crippen LogP contribution in [0.25, 0.3) is 0 Å². The van der Waals surface area contributed by atoms with Crippen LogP contribution in [0.3, 0.4) is 0 Å². The Labute approximate surface area is 118 Å². The molecule has 0 aliphatic heterocycles. The van der Waals surface area contributed by atoms with E-state index in [-0.39, 0.29) is 0 Å². The number of aromatic carboxylic acids is 2. The Morgan fingerprint density at radius 3 is 1.23 bits per heavy atom. The third kappa shape index (κ3) is 4.76. The quantitative estimate of drug-likeness (QED) is 0.349. The molecule has 12 heteroatoms. The zero-order valence-corrected chi connectivity index (χ0v) is 10.5. The molecule has 0 fully saturated rings. The lowest BCUT2D eigenvalue weighted by Crippen LogP contribution is -2.24. The fourth-order valence-electron chi connectivity index (χ4n) is 1.17. The van der Waals surface area contributed by atoms with Crippen molar-refractivity contribution >= 4 is 11.9 Å². The van der Waals surface area contributed by atoms with Crippen LogP contribution in [0.5, 0.6) is 0 Å². The van der Waals surface area contributed by atoms with Crippen molar-refractivity contribution in [2.45, 2.75) is 0 Å². The number of hydrogen-bond donors (Lipinski definition) is 6. The van der Waals surface area contributed by atoms with Gasteiger partial charge in [-0.3, -0.25) is 19.6 Å². The molecule has 0 aliphatic rings. The van der Waals surface area contributed by atoms with Crippen LogP contribution in [0.15, 0.2) is 31.3 Å². The van der Waals surface area contributed by atoms with Crippen molar-refractivity contribution in [2.75, 3.05) is 0 Å². The number of aromatic nitrogens is 4. The van der Waals surface area contributed by atoms with Crippen molar-refractivity contribution in [2.24, 2.45) is 0 Å². The van der Waals surface area contributed by atoms with E-state index in [1.54, 1.807) is 0 Å². The molecule has 0 bridgehead atoms. The molecule has 2 aromatic heterocycles. The van der Waals surface area contributed by atoms with Crippen molar-refractivity contribution in [1.29, 1.82) is 0 Å². The van der Waals surface area contributed by atoms with Crippen molar-refractivity contribution in [3.8, 4) is 0 Å². The Morgan fingerprint density at radius 1 is 0.682 bits per heavy atom. The molecule has 0 radical (unpaired) electrons. The largest absolute Gasteiger partial charge is 0.477 e. The third-order valence-corrected chi connectivity index (χ3v) is 1.98. The van der Waals surface area contributed by atoms with Crippen molar-refractivity contribution < 1.29 is 19.8 Å². The van der Waals surface area contributed by atoms with Crippen LogP contribution in [0, 0.1) is 0 Å². The standard InChI is InChI=1S/2C5H4N2O4/c2*8-3-1-2(4(9)10)6-5(11)7-3/h2*1H,(H,9,10)(H2,6,7,8,11). The van der Waals surface area contributed by atoms with Gasteiger partial charge in [-0.2, -0.15) is 0 Å². The number of carboxylic acids is 2. The zero-order chi connectivity index (χ0) is 16.9. The van der Waals surface area contributed by atoms with Gasteiger partial charge in [0.25, 0.3) is 11.1 Å². The molecule has 6 N–H and O–H groups in total. The van der Waals surface area contributed by atoms with Gasteiger partial charge in [-0.1, -0.05) is 0 Å². The zero-order valence-electron chi connectivity index (χ0n) is 10.5. The Balaban J connectivity index is 0.000000220. The highest BCUT2D eigenvalue weighted by molar-refractivity contribution is 5.85. The van der Waals surface area contributed by atoms with Gasteiger partial charge in [-0.05, 0) is 0 Å². The van der Waals surface area contributed by atoms with Crippen molar-refractivity contribution in [1.82, 2.24) is 19.9 Å². The molecule has 0 saturated heterocycles. The van der Waals surface area contributed by atoms with E-state index in [0.29, 0.717) is 0 Å². The summed E-state index contributed by atoms with van der Waals surface area (Å²) in [5.41, 5.74) is -3.94. The number of H-pyrrole nitrogens is 4. The average molecular weight is 312 g/mol. The van der Waals surface area contributed by atoms with E-state index in [4.69, 9.17) is 10.2 Å². The highest BCUT2D eigenvalue weighted by Crippen LogP contribution is 1.82. The van der Waals surface area contributed by atoms with Gasteiger partial charge in [0.05, 0.1) is 0 Å². The summed E-state index contributed by atoms with van der Waals surface area (Å²) in [4.78, 5) is 69.7. The number of nitrogens with one attached hydrogen (secondary N) is 4. The molecule has 2 aromatic rings. The molecule has 22 heavy (non-hydrogen) atoms. The van der Waals surface area contributed by atoms with E-state index in [0.717, 1.165) is 12.1 Å². The van der Waals surface area contributed by atoms with Crippen LogP contribution in [-0.4, -0.2) is 42.1 Å². The second-order valence-corrected chi connectivity index (χ2v) is 3.61. The van der Waals surface area contributed by atoms with Crippen LogP contribution in [0.1, 0.15) is 21.0 Å². The van der Waals surface area contributed by atoms with Gasteiger partial charge >= 0.3 is 23.3 Å². The van der Waals surface area contributed by atoms with Crippen LogP contribution in [-0.2, 0) is 0 Å². The summed E-state index contributed by atoms with van der Waals surface area (Å²) in [6.45, 7) is 0. The van der Waals surface area contributed by atoms with E-state index in [1.807, 2.05) is 19.9 Å². The first kappa shape index (κ1) is 16.4. The Hall–Kier alpha value is -3.70. The van der Waals surface area contributed by atoms with E-state index < -0.39 is 45.8 Å². The second-order valence-electron chi connectivity index (χ2n) is 3.61. The van der Waals surface area contributed by atoms with Crippen molar-refractivity contribution in [3.63, 3.8) is 0 Å². The summed E-state index contributed by atoms with van der Waals surface area (Å²) in [6, 6.07) is 1.59. The summed E-state index contributed by atoms with van der Waals surface area (Å²) in [5.74, 6) is -2.68. The lowest BCUT2D eigenvalue weighted by molar-refractivity contribution is 0.0679. The molecule has 0 saturated carbocycles. The molecule has 0 amide bonds. The summed E-state index contributed by atoms with van der Waals surface area (Å²) in [7, 11) is 0. The molecule has 0 unspecified atom stereocenters. The van der Waals surface area contributed by atoms with Gasteiger partial charge in [0.15, 0.2) is 0 Å². The lowest BCUT2D eigenvalue weighted by Gasteiger charge is -1.89. The second kappa shape index (κ2) is 6.65. The van der Waals surface area contributed by atoms with Gasteiger partial charge in [0.2, 0.25) is 0 Å². The molecule has 0 spiro atoms. The lowest BCUT2D eigenvalue weighted by atomic mass is 10.4. The summed E-state index contributed by atoms with van der Waals surface area (Å²) in [5, 5.41) is 16.6. The van der Waals surface area contributed by atoms with E-state index >= 15 is 0 Å². The van der Waals surface area contributed by atoms with Crippen LogP contribution < -0.4 is 22.5 Å². The molecule has 0 aromatic carbocycles. The average Bonchev–Trinajstić information content (AvgIpc) is 2.37. The first-order valence-electron chi connectivity index (χ1n) is 5.33. The smallest absolute Gasteiger partial charge is 0.352 e. The summed E-state index contributed by atoms with van der Waals surface area (Å²) >= 11 is 0. The van der Waals surface area contributed by atoms with Gasteiger partial charge < -0.3 is 20.2 Å².